The van der Waals surface area contributed by atoms with Gasteiger partial charge in [0.15, 0.2) is 5.78 Å². The van der Waals surface area contributed by atoms with E-state index in [1.165, 1.54) is 0 Å². The Balaban J connectivity index is 2.34. The van der Waals surface area contributed by atoms with E-state index < -0.39 is 0 Å². The molecule has 0 aliphatic carbocycles. The summed E-state index contributed by atoms with van der Waals surface area (Å²) >= 11 is 3.33. The molecule has 82 valence electrons. The van der Waals surface area contributed by atoms with Gasteiger partial charge in [-0.05, 0) is 36.4 Å². The molecule has 0 aliphatic rings. The molecule has 2 nitrogen and oxygen atoms in total. The van der Waals surface area contributed by atoms with Crippen molar-refractivity contribution in [3.8, 4) is 6.07 Å². The van der Waals surface area contributed by atoms with Crippen LogP contribution in [0.5, 0.6) is 0 Å². The van der Waals surface area contributed by atoms with E-state index in [1.807, 2.05) is 18.2 Å². The maximum Gasteiger partial charge on any atom is 0.193 e. The maximum atomic E-state index is 12.1. The highest BCUT2D eigenvalue weighted by Gasteiger charge is 2.08. The van der Waals surface area contributed by atoms with Crippen molar-refractivity contribution < 1.29 is 4.79 Å². The molecule has 0 heterocycles. The predicted molar refractivity (Wildman–Crippen MR) is 68.7 cm³/mol. The van der Waals surface area contributed by atoms with Gasteiger partial charge in [0.2, 0.25) is 0 Å². The minimum absolute atomic E-state index is 0.0456. The average molecular weight is 286 g/mol. The summed E-state index contributed by atoms with van der Waals surface area (Å²) in [6.45, 7) is 0. The van der Waals surface area contributed by atoms with Crippen molar-refractivity contribution in [1.29, 1.82) is 5.26 Å². The van der Waals surface area contributed by atoms with Crippen molar-refractivity contribution in [2.45, 2.75) is 0 Å². The normalized spacial score (nSPS) is 9.65. The minimum Gasteiger partial charge on any atom is -0.289 e. The zero-order chi connectivity index (χ0) is 12.3. The number of hydrogen-bond donors (Lipinski definition) is 0. The quantitative estimate of drug-likeness (QED) is 0.792. The predicted octanol–water partition coefficient (Wildman–Crippen LogP) is 3.55. The molecule has 0 saturated heterocycles. The van der Waals surface area contributed by atoms with Crippen molar-refractivity contribution in [3.05, 3.63) is 69.7 Å². The van der Waals surface area contributed by atoms with Crippen molar-refractivity contribution in [2.75, 3.05) is 0 Å². The van der Waals surface area contributed by atoms with E-state index in [2.05, 4.69) is 15.9 Å². The minimum atomic E-state index is -0.0456. The summed E-state index contributed by atoms with van der Waals surface area (Å²) in [5.74, 6) is -0.0456. The van der Waals surface area contributed by atoms with E-state index in [0.717, 1.165) is 4.47 Å². The summed E-state index contributed by atoms with van der Waals surface area (Å²) in [5, 5.41) is 8.68. The monoisotopic (exact) mass is 285 g/mol. The molecule has 2 rings (SSSR count). The van der Waals surface area contributed by atoms with Gasteiger partial charge in [-0.2, -0.15) is 5.26 Å². The second kappa shape index (κ2) is 4.94. The zero-order valence-corrected chi connectivity index (χ0v) is 10.4. The number of rotatable bonds is 2. The smallest absolute Gasteiger partial charge is 0.193 e. The molecule has 2 aromatic carbocycles. The van der Waals surface area contributed by atoms with Crippen LogP contribution >= 0.6 is 15.9 Å². The molecule has 0 radical (unpaired) electrons. The Hall–Kier alpha value is -1.92. The second-order valence-electron chi connectivity index (χ2n) is 3.53. The van der Waals surface area contributed by atoms with E-state index >= 15 is 0 Å². The fourth-order valence-electron chi connectivity index (χ4n) is 1.49. The Labute approximate surface area is 108 Å². The molecular formula is C14H8BrNO. The van der Waals surface area contributed by atoms with Crippen LogP contribution < -0.4 is 0 Å². The molecule has 0 aliphatic heterocycles. The van der Waals surface area contributed by atoms with Crippen molar-refractivity contribution >= 4 is 21.7 Å². The number of halogens is 1. The standard InChI is InChI=1S/C14H8BrNO/c15-13-3-1-2-12(8-13)14(17)11-6-4-10(9-16)5-7-11/h1-8H. The van der Waals surface area contributed by atoms with Crippen LogP contribution in [0, 0.1) is 11.3 Å². The van der Waals surface area contributed by atoms with Gasteiger partial charge in [-0.3, -0.25) is 4.79 Å². The Morgan fingerprint density at radius 1 is 1.06 bits per heavy atom. The second-order valence-corrected chi connectivity index (χ2v) is 4.44. The van der Waals surface area contributed by atoms with Crippen LogP contribution in [0.15, 0.2) is 53.0 Å². The highest BCUT2D eigenvalue weighted by Crippen LogP contribution is 2.15. The van der Waals surface area contributed by atoms with Crippen molar-refractivity contribution in [2.24, 2.45) is 0 Å². The SMILES string of the molecule is N#Cc1ccc(C(=O)c2cccc(Br)c2)cc1. The molecule has 0 fully saturated rings. The molecule has 0 atom stereocenters. The van der Waals surface area contributed by atoms with Gasteiger partial charge in [-0.25, -0.2) is 0 Å². The van der Waals surface area contributed by atoms with E-state index in [9.17, 15) is 4.79 Å². The lowest BCUT2D eigenvalue weighted by atomic mass is 10.0. The summed E-state index contributed by atoms with van der Waals surface area (Å²) in [6.07, 6.45) is 0. The fourth-order valence-corrected chi connectivity index (χ4v) is 1.89. The van der Waals surface area contributed by atoms with Crippen LogP contribution in [0.4, 0.5) is 0 Å². The van der Waals surface area contributed by atoms with Gasteiger partial charge in [0.05, 0.1) is 11.6 Å². The molecule has 0 saturated carbocycles. The number of benzene rings is 2. The Bertz CT molecular complexity index is 596. The maximum absolute atomic E-state index is 12.1. The summed E-state index contributed by atoms with van der Waals surface area (Å²) in [5.41, 5.74) is 1.77. The summed E-state index contributed by atoms with van der Waals surface area (Å²) in [4.78, 5) is 12.1. The van der Waals surface area contributed by atoms with Gasteiger partial charge in [-0.15, -0.1) is 0 Å². The summed E-state index contributed by atoms with van der Waals surface area (Å²) < 4.78 is 0.872. The molecule has 0 spiro atoms. The third kappa shape index (κ3) is 2.61. The van der Waals surface area contributed by atoms with E-state index in [4.69, 9.17) is 5.26 Å². The van der Waals surface area contributed by atoms with Crippen LogP contribution in [0.1, 0.15) is 21.5 Å². The molecule has 0 N–H and O–H groups in total. The van der Waals surface area contributed by atoms with Crippen LogP contribution in [0.25, 0.3) is 0 Å². The van der Waals surface area contributed by atoms with Gasteiger partial charge in [0, 0.05) is 15.6 Å². The van der Waals surface area contributed by atoms with E-state index in [1.54, 1.807) is 36.4 Å². The van der Waals surface area contributed by atoms with Gasteiger partial charge >= 0.3 is 0 Å². The summed E-state index contributed by atoms with van der Waals surface area (Å²) in [6, 6.07) is 15.9. The Morgan fingerprint density at radius 2 is 1.76 bits per heavy atom. The number of nitriles is 1. The lowest BCUT2D eigenvalue weighted by molar-refractivity contribution is 0.103. The fraction of sp³-hybridized carbons (Fsp3) is 0. The van der Waals surface area contributed by atoms with Crippen LogP contribution in [0.3, 0.4) is 0 Å². The van der Waals surface area contributed by atoms with Gasteiger partial charge < -0.3 is 0 Å². The van der Waals surface area contributed by atoms with Gasteiger partial charge in [-0.1, -0.05) is 28.1 Å². The summed E-state index contributed by atoms with van der Waals surface area (Å²) in [7, 11) is 0. The van der Waals surface area contributed by atoms with Crippen LogP contribution in [-0.4, -0.2) is 5.78 Å². The molecule has 0 amide bonds. The van der Waals surface area contributed by atoms with Crippen molar-refractivity contribution in [1.82, 2.24) is 0 Å². The molecule has 0 aromatic heterocycles. The number of ketones is 1. The number of nitrogens with zero attached hydrogens (tertiary/aromatic N) is 1. The largest absolute Gasteiger partial charge is 0.289 e. The highest BCUT2D eigenvalue weighted by molar-refractivity contribution is 9.10. The third-order valence-corrected chi connectivity index (χ3v) is 2.86. The first kappa shape index (κ1) is 11.6. The zero-order valence-electron chi connectivity index (χ0n) is 8.85. The molecule has 2 aromatic rings. The van der Waals surface area contributed by atoms with E-state index in [-0.39, 0.29) is 5.78 Å². The van der Waals surface area contributed by atoms with Crippen LogP contribution in [-0.2, 0) is 0 Å². The number of carbonyl (C=O) groups is 1. The first-order chi connectivity index (χ1) is 8.20. The molecular weight excluding hydrogens is 278 g/mol. The first-order valence-corrected chi connectivity index (χ1v) is 5.80. The number of carbonyl (C=O) groups excluding carboxylic acids is 1. The van der Waals surface area contributed by atoms with Gasteiger partial charge in [0.1, 0.15) is 0 Å². The van der Waals surface area contributed by atoms with Gasteiger partial charge in [0.25, 0.3) is 0 Å². The lowest BCUT2D eigenvalue weighted by Crippen LogP contribution is -2.00. The molecule has 3 heteroatoms. The Kier molecular flexibility index (Phi) is 3.36. The molecule has 0 bridgehead atoms. The van der Waals surface area contributed by atoms with Crippen LogP contribution in [0.2, 0.25) is 0 Å². The van der Waals surface area contributed by atoms with Crippen molar-refractivity contribution in [3.63, 3.8) is 0 Å². The highest BCUT2D eigenvalue weighted by atomic mass is 79.9. The topological polar surface area (TPSA) is 40.9 Å². The first-order valence-electron chi connectivity index (χ1n) is 5.01. The average Bonchev–Trinajstić information content (AvgIpc) is 2.38. The lowest BCUT2D eigenvalue weighted by Gasteiger charge is -2.01. The van der Waals surface area contributed by atoms with E-state index in [0.29, 0.717) is 16.7 Å². The Morgan fingerprint density at radius 3 is 2.35 bits per heavy atom. The molecule has 17 heavy (non-hydrogen) atoms. The number of hydrogen-bond acceptors (Lipinski definition) is 2. The molecule has 0 unspecified atom stereocenters. The third-order valence-electron chi connectivity index (χ3n) is 2.36.